The van der Waals surface area contributed by atoms with E-state index in [9.17, 15) is 9.59 Å². The van der Waals surface area contributed by atoms with Crippen molar-refractivity contribution < 1.29 is 23.8 Å². The highest BCUT2D eigenvalue weighted by Crippen LogP contribution is 2.48. The molecule has 7 rings (SSSR count). The third-order valence-electron chi connectivity index (χ3n) is 10.1. The molecule has 1 saturated carbocycles. The summed E-state index contributed by atoms with van der Waals surface area (Å²) in [5.41, 5.74) is 9.01. The number of carbonyl (C=O) groups excluding carboxylic acids is 2. The van der Waals surface area contributed by atoms with E-state index in [1.54, 1.807) is 7.11 Å². The van der Waals surface area contributed by atoms with Gasteiger partial charge in [0.1, 0.15) is 5.75 Å². The lowest BCUT2D eigenvalue weighted by atomic mass is 9.81. The highest BCUT2D eigenvalue weighted by atomic mass is 16.5. The van der Waals surface area contributed by atoms with E-state index >= 15 is 0 Å². The number of esters is 1. The molecule has 244 valence electrons. The third kappa shape index (κ3) is 6.09. The Morgan fingerprint density at radius 1 is 0.936 bits per heavy atom. The van der Waals surface area contributed by atoms with E-state index in [-0.39, 0.29) is 11.9 Å². The van der Waals surface area contributed by atoms with Gasteiger partial charge < -0.3 is 23.7 Å². The SMILES string of the molecule is CCCCOC(=O)c1ccc2c(C3CCCCC3)c3n(c2c1)CC(c1ccccc1C(=O)N1CCOCC1)=Cc1cc(OC)ccc1-3. The van der Waals surface area contributed by atoms with Crippen LogP contribution in [-0.4, -0.2) is 61.4 Å². The number of allylic oxidation sites excluding steroid dienone is 1. The number of hydrogen-bond acceptors (Lipinski definition) is 5. The van der Waals surface area contributed by atoms with E-state index < -0.39 is 0 Å². The Morgan fingerprint density at radius 2 is 1.74 bits per heavy atom. The largest absolute Gasteiger partial charge is 0.497 e. The summed E-state index contributed by atoms with van der Waals surface area (Å²) in [4.78, 5) is 29.1. The predicted molar refractivity (Wildman–Crippen MR) is 186 cm³/mol. The fraction of sp³-hybridized carbons (Fsp3) is 0.400. The standard InChI is InChI=1S/C40H44N2O5/c1-3-4-20-47-40(44)28-14-16-35-36(25-28)42-26-30(32-12-8-9-13-34(32)39(43)41-18-21-46-22-19-41)23-29-24-31(45-2)15-17-33(29)38(42)37(35)27-10-6-5-7-11-27/h8-9,12-17,23-25,27H,3-7,10-11,18-22,26H2,1-2H3. The van der Waals surface area contributed by atoms with E-state index in [0.717, 1.165) is 59.2 Å². The number of amides is 1. The summed E-state index contributed by atoms with van der Waals surface area (Å²) >= 11 is 0. The van der Waals surface area contributed by atoms with Gasteiger partial charge in [-0.3, -0.25) is 4.79 Å². The van der Waals surface area contributed by atoms with Crippen LogP contribution in [0.1, 0.15) is 95.2 Å². The third-order valence-corrected chi connectivity index (χ3v) is 10.1. The number of carbonyl (C=O) groups is 2. The normalized spacial score (nSPS) is 16.6. The number of methoxy groups -OCH3 is 1. The molecule has 1 saturated heterocycles. The molecule has 0 bridgehead atoms. The van der Waals surface area contributed by atoms with Crippen LogP contribution in [0.2, 0.25) is 0 Å². The first kappa shape index (κ1) is 31.3. The molecule has 7 nitrogen and oxygen atoms in total. The molecule has 2 fully saturated rings. The summed E-state index contributed by atoms with van der Waals surface area (Å²) in [6.07, 6.45) is 10.0. The molecule has 3 aromatic carbocycles. The highest BCUT2D eigenvalue weighted by molar-refractivity contribution is 6.04. The Balaban J connectivity index is 1.43. The summed E-state index contributed by atoms with van der Waals surface area (Å²) in [5.74, 6) is 0.957. The van der Waals surface area contributed by atoms with Crippen LogP contribution in [0.25, 0.3) is 33.8 Å². The van der Waals surface area contributed by atoms with Gasteiger partial charge in [-0.15, -0.1) is 0 Å². The highest BCUT2D eigenvalue weighted by Gasteiger charge is 2.31. The predicted octanol–water partition coefficient (Wildman–Crippen LogP) is 8.35. The van der Waals surface area contributed by atoms with Gasteiger partial charge in [0.05, 0.1) is 38.2 Å². The molecule has 0 unspecified atom stereocenters. The fourth-order valence-electron chi connectivity index (χ4n) is 7.61. The average Bonchev–Trinajstić information content (AvgIpc) is 3.34. The number of nitrogens with zero attached hydrogens (tertiary/aromatic N) is 2. The maximum Gasteiger partial charge on any atom is 0.338 e. The maximum absolute atomic E-state index is 14.0. The Morgan fingerprint density at radius 3 is 2.53 bits per heavy atom. The molecule has 0 atom stereocenters. The minimum atomic E-state index is -0.286. The van der Waals surface area contributed by atoms with Gasteiger partial charge in [-0.05, 0) is 89.9 Å². The van der Waals surface area contributed by atoms with Crippen molar-refractivity contribution >= 4 is 34.4 Å². The molecule has 4 aromatic rings. The van der Waals surface area contributed by atoms with Gasteiger partial charge in [0.2, 0.25) is 0 Å². The first-order valence-corrected chi connectivity index (χ1v) is 17.3. The Bertz CT molecular complexity index is 1820. The van der Waals surface area contributed by atoms with Gasteiger partial charge in [-0.1, -0.05) is 56.9 Å². The average molecular weight is 633 g/mol. The lowest BCUT2D eigenvalue weighted by Crippen LogP contribution is -2.41. The molecule has 1 aliphatic carbocycles. The number of morpholine rings is 1. The Kier molecular flexibility index (Phi) is 9.16. The fourth-order valence-corrected chi connectivity index (χ4v) is 7.61. The van der Waals surface area contributed by atoms with Gasteiger partial charge >= 0.3 is 5.97 Å². The second-order valence-corrected chi connectivity index (χ2v) is 13.0. The number of fused-ring (bicyclic) bond motifs is 5. The molecule has 0 radical (unpaired) electrons. The molecule has 47 heavy (non-hydrogen) atoms. The number of hydrogen-bond donors (Lipinski definition) is 0. The van der Waals surface area contributed by atoms with Gasteiger partial charge in [-0.2, -0.15) is 0 Å². The number of ether oxygens (including phenoxy) is 3. The summed E-state index contributed by atoms with van der Waals surface area (Å²) in [7, 11) is 1.70. The van der Waals surface area contributed by atoms with Crippen molar-refractivity contribution in [2.45, 2.75) is 64.3 Å². The van der Waals surface area contributed by atoms with E-state index in [0.29, 0.717) is 56.5 Å². The smallest absolute Gasteiger partial charge is 0.338 e. The molecule has 3 aliphatic rings. The Hall–Kier alpha value is -4.36. The van der Waals surface area contributed by atoms with E-state index in [1.165, 1.54) is 35.9 Å². The van der Waals surface area contributed by atoms with Gasteiger partial charge in [-0.25, -0.2) is 4.79 Å². The molecule has 2 aliphatic heterocycles. The Labute approximate surface area is 277 Å². The van der Waals surface area contributed by atoms with Crippen molar-refractivity contribution in [2.75, 3.05) is 40.0 Å². The zero-order valence-electron chi connectivity index (χ0n) is 27.6. The second kappa shape index (κ2) is 13.8. The first-order valence-electron chi connectivity index (χ1n) is 17.3. The lowest BCUT2D eigenvalue weighted by molar-refractivity contribution is 0.0302. The molecule has 0 spiro atoms. The summed E-state index contributed by atoms with van der Waals surface area (Å²) in [5, 5.41) is 1.19. The number of aromatic nitrogens is 1. The minimum absolute atomic E-state index is 0.0255. The van der Waals surface area contributed by atoms with E-state index in [4.69, 9.17) is 14.2 Å². The minimum Gasteiger partial charge on any atom is -0.497 e. The molecule has 3 heterocycles. The van der Waals surface area contributed by atoms with E-state index in [1.807, 2.05) is 41.3 Å². The van der Waals surface area contributed by atoms with Crippen LogP contribution in [0.5, 0.6) is 5.75 Å². The van der Waals surface area contributed by atoms with Crippen LogP contribution >= 0.6 is 0 Å². The summed E-state index contributed by atoms with van der Waals surface area (Å²) < 4.78 is 19.3. The summed E-state index contributed by atoms with van der Waals surface area (Å²) in [6.45, 7) is 5.33. The molecule has 1 amide bonds. The van der Waals surface area contributed by atoms with Crippen molar-refractivity contribution in [3.63, 3.8) is 0 Å². The quantitative estimate of drug-likeness (QED) is 0.144. The van der Waals surface area contributed by atoms with Crippen LogP contribution < -0.4 is 4.74 Å². The van der Waals surface area contributed by atoms with Crippen LogP contribution in [0.4, 0.5) is 0 Å². The zero-order chi connectivity index (χ0) is 32.3. The van der Waals surface area contributed by atoms with Crippen LogP contribution in [-0.2, 0) is 16.0 Å². The van der Waals surface area contributed by atoms with Gasteiger partial charge in [0, 0.05) is 41.7 Å². The summed E-state index contributed by atoms with van der Waals surface area (Å²) in [6, 6.07) is 20.4. The number of rotatable bonds is 8. The topological polar surface area (TPSA) is 70.0 Å². The van der Waals surface area contributed by atoms with Crippen molar-refractivity contribution in [1.29, 1.82) is 0 Å². The molecular weight excluding hydrogens is 588 g/mol. The molecule has 7 heteroatoms. The van der Waals surface area contributed by atoms with Gasteiger partial charge in [0.15, 0.2) is 0 Å². The van der Waals surface area contributed by atoms with E-state index in [2.05, 4.69) is 41.8 Å². The molecule has 0 N–H and O–H groups in total. The molecule has 1 aromatic heterocycles. The monoisotopic (exact) mass is 632 g/mol. The number of benzene rings is 3. The maximum atomic E-state index is 14.0. The van der Waals surface area contributed by atoms with Crippen LogP contribution in [0, 0.1) is 0 Å². The molecular formula is C40H44N2O5. The second-order valence-electron chi connectivity index (χ2n) is 13.0. The van der Waals surface area contributed by atoms with Crippen molar-refractivity contribution in [1.82, 2.24) is 9.47 Å². The van der Waals surface area contributed by atoms with Crippen molar-refractivity contribution in [3.05, 3.63) is 88.5 Å². The van der Waals surface area contributed by atoms with Gasteiger partial charge in [0.25, 0.3) is 5.91 Å². The number of unbranched alkanes of at least 4 members (excludes halogenated alkanes) is 1. The van der Waals surface area contributed by atoms with Crippen molar-refractivity contribution in [3.8, 4) is 17.0 Å². The van der Waals surface area contributed by atoms with Crippen LogP contribution in [0.15, 0.2) is 60.7 Å². The van der Waals surface area contributed by atoms with Crippen molar-refractivity contribution in [2.24, 2.45) is 0 Å². The zero-order valence-corrected chi connectivity index (χ0v) is 27.6. The lowest BCUT2D eigenvalue weighted by Gasteiger charge is -2.28. The van der Waals surface area contributed by atoms with Crippen LogP contribution in [0.3, 0.4) is 0 Å². The first-order chi connectivity index (χ1) is 23.1.